The van der Waals surface area contributed by atoms with Gasteiger partial charge in [0, 0.05) is 6.42 Å². The third-order valence-corrected chi connectivity index (χ3v) is 2.11. The molecular weight excluding hydrogens is 211 g/mol. The van der Waals surface area contributed by atoms with Gasteiger partial charge in [0.2, 0.25) is 5.89 Å². The van der Waals surface area contributed by atoms with Crippen LogP contribution in [0.5, 0.6) is 0 Å². The molecule has 0 saturated heterocycles. The zero-order valence-corrected chi connectivity index (χ0v) is 8.56. The molecule has 1 aromatic heterocycles. The van der Waals surface area contributed by atoms with Crippen molar-refractivity contribution in [2.45, 2.75) is 12.8 Å². The Balaban J connectivity index is 2.05. The van der Waals surface area contributed by atoms with Crippen molar-refractivity contribution in [3.05, 3.63) is 47.4 Å². The molecule has 0 aliphatic heterocycles. The van der Waals surface area contributed by atoms with E-state index in [0.29, 0.717) is 24.6 Å². The summed E-state index contributed by atoms with van der Waals surface area (Å²) in [7, 11) is 0. The maximum absolute atomic E-state index is 12.7. The Hall–Kier alpha value is -1.75. The van der Waals surface area contributed by atoms with Gasteiger partial charge in [0.1, 0.15) is 5.82 Å². The van der Waals surface area contributed by atoms with Gasteiger partial charge in [-0.25, -0.2) is 4.39 Å². The molecule has 0 fully saturated rings. The van der Waals surface area contributed by atoms with Crippen molar-refractivity contribution in [3.63, 3.8) is 0 Å². The highest BCUT2D eigenvalue weighted by Gasteiger charge is 2.06. The Bertz CT molecular complexity index is 453. The molecule has 0 saturated carbocycles. The second kappa shape index (κ2) is 4.85. The van der Waals surface area contributed by atoms with Crippen LogP contribution in [0.1, 0.15) is 17.3 Å². The zero-order valence-electron chi connectivity index (χ0n) is 8.56. The summed E-state index contributed by atoms with van der Waals surface area (Å²) in [5.74, 6) is 0.688. The highest BCUT2D eigenvalue weighted by atomic mass is 19.1. The number of halogens is 1. The van der Waals surface area contributed by atoms with Crippen molar-refractivity contribution in [1.82, 2.24) is 10.1 Å². The first-order chi connectivity index (χ1) is 7.78. The van der Waals surface area contributed by atoms with E-state index in [1.165, 1.54) is 12.1 Å². The highest BCUT2D eigenvalue weighted by Crippen LogP contribution is 2.08. The van der Waals surface area contributed by atoms with Crippen molar-refractivity contribution in [3.8, 4) is 0 Å². The van der Waals surface area contributed by atoms with Crippen molar-refractivity contribution in [2.24, 2.45) is 0 Å². The quantitative estimate of drug-likeness (QED) is 0.847. The lowest BCUT2D eigenvalue weighted by atomic mass is 10.1. The Morgan fingerprint density at radius 1 is 1.25 bits per heavy atom. The van der Waals surface area contributed by atoms with E-state index in [1.807, 2.05) is 0 Å². The molecule has 1 heterocycles. The maximum Gasteiger partial charge on any atom is 0.228 e. The molecule has 0 aliphatic rings. The first-order valence-electron chi connectivity index (χ1n) is 4.94. The SMILES string of the molecule is OCCc1nc(Cc2ccc(F)cc2)no1. The molecule has 0 spiro atoms. The molecule has 4 nitrogen and oxygen atoms in total. The van der Waals surface area contributed by atoms with Crippen molar-refractivity contribution in [1.29, 1.82) is 0 Å². The number of hydrogen-bond donors (Lipinski definition) is 1. The van der Waals surface area contributed by atoms with Crippen molar-refractivity contribution >= 4 is 0 Å². The van der Waals surface area contributed by atoms with E-state index in [9.17, 15) is 4.39 Å². The second-order valence-corrected chi connectivity index (χ2v) is 3.38. The minimum absolute atomic E-state index is 0.0157. The Morgan fingerprint density at radius 3 is 2.69 bits per heavy atom. The van der Waals surface area contributed by atoms with Crippen LogP contribution in [-0.4, -0.2) is 21.9 Å². The molecule has 0 unspecified atom stereocenters. The van der Waals surface area contributed by atoms with Gasteiger partial charge in [-0.1, -0.05) is 17.3 Å². The van der Waals surface area contributed by atoms with E-state index < -0.39 is 0 Å². The summed E-state index contributed by atoms with van der Waals surface area (Å²) in [6.45, 7) is -0.0157. The number of aromatic nitrogens is 2. The smallest absolute Gasteiger partial charge is 0.228 e. The first-order valence-corrected chi connectivity index (χ1v) is 4.94. The molecule has 2 rings (SSSR count). The van der Waals surface area contributed by atoms with Crippen molar-refractivity contribution in [2.75, 3.05) is 6.61 Å². The number of aliphatic hydroxyl groups excluding tert-OH is 1. The summed E-state index contributed by atoms with van der Waals surface area (Å²) in [5, 5.41) is 12.4. The molecule has 1 N–H and O–H groups in total. The Kier molecular flexibility index (Phi) is 3.26. The average Bonchev–Trinajstić information content (AvgIpc) is 2.70. The van der Waals surface area contributed by atoms with Crippen LogP contribution < -0.4 is 0 Å². The Labute approximate surface area is 91.7 Å². The van der Waals surface area contributed by atoms with Crippen LogP contribution in [0.4, 0.5) is 4.39 Å². The lowest BCUT2D eigenvalue weighted by Gasteiger charge is -1.95. The number of aliphatic hydroxyl groups is 1. The molecular formula is C11H11FN2O2. The molecule has 0 bridgehead atoms. The largest absolute Gasteiger partial charge is 0.396 e. The van der Waals surface area contributed by atoms with E-state index >= 15 is 0 Å². The summed E-state index contributed by atoms with van der Waals surface area (Å²) in [4.78, 5) is 4.09. The molecule has 1 aromatic carbocycles. The predicted octanol–water partition coefficient (Wildman–Crippen LogP) is 1.33. The standard InChI is InChI=1S/C11H11FN2O2/c12-9-3-1-8(2-4-9)7-10-13-11(5-6-15)16-14-10/h1-4,15H,5-7H2. The van der Waals surface area contributed by atoms with Gasteiger partial charge in [-0.15, -0.1) is 0 Å². The van der Waals surface area contributed by atoms with E-state index in [-0.39, 0.29) is 12.4 Å². The van der Waals surface area contributed by atoms with E-state index in [1.54, 1.807) is 12.1 Å². The van der Waals surface area contributed by atoms with Gasteiger partial charge in [-0.3, -0.25) is 0 Å². The third kappa shape index (κ3) is 2.64. The van der Waals surface area contributed by atoms with Crippen molar-refractivity contribution < 1.29 is 14.0 Å². The number of rotatable bonds is 4. The van der Waals surface area contributed by atoms with Gasteiger partial charge in [-0.05, 0) is 17.7 Å². The van der Waals surface area contributed by atoms with E-state index in [2.05, 4.69) is 10.1 Å². The molecule has 0 atom stereocenters. The predicted molar refractivity (Wildman–Crippen MR) is 54.3 cm³/mol. The molecule has 16 heavy (non-hydrogen) atoms. The molecule has 0 aliphatic carbocycles. The molecule has 5 heteroatoms. The van der Waals surface area contributed by atoms with Crippen LogP contribution in [0.15, 0.2) is 28.8 Å². The summed E-state index contributed by atoms with van der Waals surface area (Å²) in [6.07, 6.45) is 0.853. The van der Waals surface area contributed by atoms with Crippen LogP contribution in [0, 0.1) is 5.82 Å². The topological polar surface area (TPSA) is 59.2 Å². The summed E-state index contributed by atoms with van der Waals surface area (Å²) < 4.78 is 17.6. The number of hydrogen-bond acceptors (Lipinski definition) is 4. The zero-order chi connectivity index (χ0) is 11.4. The second-order valence-electron chi connectivity index (χ2n) is 3.38. The van der Waals surface area contributed by atoms with Crippen LogP contribution >= 0.6 is 0 Å². The molecule has 0 radical (unpaired) electrons. The normalized spacial score (nSPS) is 10.6. The van der Waals surface area contributed by atoms with Crippen LogP contribution in [-0.2, 0) is 12.8 Å². The molecule has 0 amide bonds. The fraction of sp³-hybridized carbons (Fsp3) is 0.273. The minimum atomic E-state index is -0.266. The van der Waals surface area contributed by atoms with Crippen LogP contribution in [0.25, 0.3) is 0 Å². The van der Waals surface area contributed by atoms with Gasteiger partial charge in [0.15, 0.2) is 5.82 Å². The average molecular weight is 222 g/mol. The summed E-state index contributed by atoms with van der Waals surface area (Å²) >= 11 is 0. The number of nitrogens with zero attached hydrogens (tertiary/aromatic N) is 2. The first kappa shape index (κ1) is 10.8. The maximum atomic E-state index is 12.7. The molecule has 2 aromatic rings. The fourth-order valence-electron chi connectivity index (χ4n) is 1.34. The van der Waals surface area contributed by atoms with E-state index in [0.717, 1.165) is 5.56 Å². The monoisotopic (exact) mass is 222 g/mol. The third-order valence-electron chi connectivity index (χ3n) is 2.11. The van der Waals surface area contributed by atoms with Gasteiger partial charge in [0.25, 0.3) is 0 Å². The summed E-state index contributed by atoms with van der Waals surface area (Å²) in [6, 6.07) is 6.14. The lowest BCUT2D eigenvalue weighted by molar-refractivity contribution is 0.274. The van der Waals surface area contributed by atoms with E-state index in [4.69, 9.17) is 9.63 Å². The number of benzene rings is 1. The van der Waals surface area contributed by atoms with Gasteiger partial charge in [0.05, 0.1) is 13.0 Å². The fourth-order valence-corrected chi connectivity index (χ4v) is 1.34. The van der Waals surface area contributed by atoms with Gasteiger partial charge >= 0.3 is 0 Å². The van der Waals surface area contributed by atoms with Crippen LogP contribution in [0.3, 0.4) is 0 Å². The Morgan fingerprint density at radius 2 is 2.00 bits per heavy atom. The lowest BCUT2D eigenvalue weighted by Crippen LogP contribution is -1.93. The van der Waals surface area contributed by atoms with Gasteiger partial charge < -0.3 is 9.63 Å². The highest BCUT2D eigenvalue weighted by molar-refractivity contribution is 5.19. The van der Waals surface area contributed by atoms with Gasteiger partial charge in [-0.2, -0.15) is 4.98 Å². The summed E-state index contributed by atoms with van der Waals surface area (Å²) in [5.41, 5.74) is 0.915. The molecule has 84 valence electrons. The van der Waals surface area contributed by atoms with Crippen LogP contribution in [0.2, 0.25) is 0 Å². The minimum Gasteiger partial charge on any atom is -0.396 e.